The largest absolute Gasteiger partial charge is 0.548 e. The van der Waals surface area contributed by atoms with E-state index in [9.17, 15) is 18.7 Å². The normalized spacial score (nSPS) is 19.4. The smallest absolute Gasteiger partial charge is 0.250 e. The van der Waals surface area contributed by atoms with Gasteiger partial charge >= 0.3 is 0 Å². The lowest BCUT2D eigenvalue weighted by Crippen LogP contribution is -2.47. The van der Waals surface area contributed by atoms with Crippen molar-refractivity contribution in [1.29, 1.82) is 0 Å². The zero-order valence-electron chi connectivity index (χ0n) is 8.06. The number of carbonyl (C=O) groups excluding carboxylic acids is 1. The topological polar surface area (TPSA) is 52.2 Å². The number of rotatable bonds is 6. The van der Waals surface area contributed by atoms with Crippen LogP contribution in [0.25, 0.3) is 0 Å². The highest BCUT2D eigenvalue weighted by Crippen LogP contribution is 2.40. The fraction of sp³-hybridized carbons (Fsp3) is 0.889. The second-order valence-electron chi connectivity index (χ2n) is 3.87. The van der Waals surface area contributed by atoms with Gasteiger partial charge in [0.1, 0.15) is 0 Å². The Balaban J connectivity index is 2.41. The lowest BCUT2D eigenvalue weighted by atomic mass is 10.0. The number of alkyl halides is 2. The van der Waals surface area contributed by atoms with Crippen LogP contribution < -0.4 is 10.4 Å². The SMILES string of the molecule is CNC(CC(F)(F)CC1CC1)C(=O)[O-]. The quantitative estimate of drug-likeness (QED) is 0.673. The van der Waals surface area contributed by atoms with Crippen molar-refractivity contribution >= 4 is 5.97 Å². The zero-order valence-corrected chi connectivity index (χ0v) is 8.06. The highest BCUT2D eigenvalue weighted by Gasteiger charge is 2.38. The summed E-state index contributed by atoms with van der Waals surface area (Å²) >= 11 is 0. The number of hydrogen-bond acceptors (Lipinski definition) is 3. The lowest BCUT2D eigenvalue weighted by molar-refractivity contribution is -0.309. The lowest BCUT2D eigenvalue weighted by Gasteiger charge is -2.23. The summed E-state index contributed by atoms with van der Waals surface area (Å²) < 4.78 is 26.4. The van der Waals surface area contributed by atoms with Gasteiger partial charge in [0.05, 0.1) is 12.0 Å². The molecule has 3 nitrogen and oxygen atoms in total. The van der Waals surface area contributed by atoms with Crippen LogP contribution in [0, 0.1) is 5.92 Å². The van der Waals surface area contributed by atoms with Crippen molar-refractivity contribution in [2.45, 2.75) is 37.6 Å². The second kappa shape index (κ2) is 4.21. The van der Waals surface area contributed by atoms with Crippen LogP contribution in [0.4, 0.5) is 8.78 Å². The van der Waals surface area contributed by atoms with E-state index >= 15 is 0 Å². The molecule has 1 aliphatic carbocycles. The fourth-order valence-corrected chi connectivity index (χ4v) is 1.43. The van der Waals surface area contributed by atoms with Crippen molar-refractivity contribution in [3.8, 4) is 0 Å². The summed E-state index contributed by atoms with van der Waals surface area (Å²) in [6, 6.07) is -1.26. The van der Waals surface area contributed by atoms with E-state index in [0.29, 0.717) is 0 Å². The van der Waals surface area contributed by atoms with Gasteiger partial charge in [0.2, 0.25) is 5.92 Å². The Bertz CT molecular complexity index is 217. The summed E-state index contributed by atoms with van der Waals surface area (Å²) in [6.45, 7) is 0. The Morgan fingerprint density at radius 1 is 1.64 bits per heavy atom. The van der Waals surface area contributed by atoms with Crippen LogP contribution in [0.5, 0.6) is 0 Å². The second-order valence-corrected chi connectivity index (χ2v) is 3.87. The minimum atomic E-state index is -2.89. The number of hydrogen-bond donors (Lipinski definition) is 1. The Morgan fingerprint density at radius 2 is 2.21 bits per heavy atom. The highest BCUT2D eigenvalue weighted by molar-refractivity contribution is 5.71. The summed E-state index contributed by atoms with van der Waals surface area (Å²) in [5.41, 5.74) is 0. The molecule has 0 spiro atoms. The molecule has 5 heteroatoms. The average Bonchev–Trinajstić information content (AvgIpc) is 2.82. The summed E-state index contributed by atoms with van der Waals surface area (Å²) in [5, 5.41) is 12.7. The number of carboxylic acid groups (broad SMARTS) is 1. The molecule has 1 N–H and O–H groups in total. The molecule has 14 heavy (non-hydrogen) atoms. The van der Waals surface area contributed by atoms with Gasteiger partial charge in [-0.2, -0.15) is 0 Å². The van der Waals surface area contributed by atoms with Crippen LogP contribution in [-0.4, -0.2) is 25.0 Å². The molecule has 0 aromatic heterocycles. The van der Waals surface area contributed by atoms with Crippen LogP contribution in [0.3, 0.4) is 0 Å². The molecule has 1 saturated carbocycles. The van der Waals surface area contributed by atoms with Crippen LogP contribution in [0.15, 0.2) is 0 Å². The van der Waals surface area contributed by atoms with Gasteiger partial charge in [-0.3, -0.25) is 0 Å². The molecule has 82 valence electrons. The first-order valence-electron chi connectivity index (χ1n) is 4.70. The molecule has 0 aliphatic heterocycles. The van der Waals surface area contributed by atoms with Gasteiger partial charge in [0.15, 0.2) is 0 Å². The molecule has 1 atom stereocenters. The van der Waals surface area contributed by atoms with E-state index in [2.05, 4.69) is 5.32 Å². The Hall–Kier alpha value is -0.710. The maximum absolute atomic E-state index is 13.2. The van der Waals surface area contributed by atoms with Gasteiger partial charge in [-0.1, -0.05) is 0 Å². The van der Waals surface area contributed by atoms with Crippen molar-refractivity contribution in [2.75, 3.05) is 7.05 Å². The third kappa shape index (κ3) is 3.57. The third-order valence-electron chi connectivity index (χ3n) is 2.42. The Labute approximate surface area is 81.5 Å². The van der Waals surface area contributed by atoms with Crippen LogP contribution >= 0.6 is 0 Å². The Kier molecular flexibility index (Phi) is 3.42. The first-order chi connectivity index (χ1) is 6.44. The van der Waals surface area contributed by atoms with E-state index in [1.807, 2.05) is 0 Å². The molecule has 0 saturated heterocycles. The Morgan fingerprint density at radius 3 is 2.57 bits per heavy atom. The molecule has 0 bridgehead atoms. The first-order valence-corrected chi connectivity index (χ1v) is 4.70. The molecule has 1 unspecified atom stereocenters. The van der Waals surface area contributed by atoms with Gasteiger partial charge in [-0.05, 0) is 25.8 Å². The monoisotopic (exact) mass is 206 g/mol. The van der Waals surface area contributed by atoms with Gasteiger partial charge < -0.3 is 15.2 Å². The fourth-order valence-electron chi connectivity index (χ4n) is 1.43. The predicted octanol–water partition coefficient (Wildman–Crippen LogP) is 0.150. The number of carbonyl (C=O) groups is 1. The van der Waals surface area contributed by atoms with E-state index in [1.54, 1.807) is 0 Å². The zero-order chi connectivity index (χ0) is 10.8. The minimum Gasteiger partial charge on any atom is -0.548 e. The van der Waals surface area contributed by atoms with Crippen LogP contribution in [0.2, 0.25) is 0 Å². The highest BCUT2D eigenvalue weighted by atomic mass is 19.3. The average molecular weight is 206 g/mol. The first kappa shape index (κ1) is 11.4. The molecule has 0 aromatic carbocycles. The summed E-state index contributed by atoms with van der Waals surface area (Å²) in [5.74, 6) is -4.28. The van der Waals surface area contributed by atoms with Crippen molar-refractivity contribution in [2.24, 2.45) is 5.92 Å². The molecular formula is C9H14F2NO2-. The van der Waals surface area contributed by atoms with E-state index in [1.165, 1.54) is 7.05 Å². The van der Waals surface area contributed by atoms with Gasteiger partial charge in [-0.15, -0.1) is 0 Å². The predicted molar refractivity (Wildman–Crippen MR) is 44.8 cm³/mol. The van der Waals surface area contributed by atoms with Gasteiger partial charge in [0, 0.05) is 12.8 Å². The summed E-state index contributed by atoms with van der Waals surface area (Å²) in [4.78, 5) is 10.4. The van der Waals surface area contributed by atoms with E-state index in [4.69, 9.17) is 0 Å². The molecule has 1 fully saturated rings. The molecule has 1 rings (SSSR count). The summed E-state index contributed by atoms with van der Waals surface area (Å²) in [7, 11) is 1.34. The molecule has 0 radical (unpaired) electrons. The van der Waals surface area contributed by atoms with E-state index < -0.39 is 24.4 Å². The number of likely N-dealkylation sites (N-methyl/N-ethyl adjacent to an activating group) is 1. The third-order valence-corrected chi connectivity index (χ3v) is 2.42. The number of nitrogens with one attached hydrogen (secondary N) is 1. The number of aliphatic carboxylic acids is 1. The van der Waals surface area contributed by atoms with Crippen LogP contribution in [0.1, 0.15) is 25.7 Å². The van der Waals surface area contributed by atoms with E-state index in [-0.39, 0.29) is 12.3 Å². The van der Waals surface area contributed by atoms with Gasteiger partial charge in [0.25, 0.3) is 0 Å². The van der Waals surface area contributed by atoms with Crippen LogP contribution in [-0.2, 0) is 4.79 Å². The van der Waals surface area contributed by atoms with Crippen molar-refractivity contribution in [1.82, 2.24) is 5.32 Å². The minimum absolute atomic E-state index is 0.0873. The van der Waals surface area contributed by atoms with Crippen molar-refractivity contribution in [3.63, 3.8) is 0 Å². The number of halogens is 2. The van der Waals surface area contributed by atoms with Crippen molar-refractivity contribution < 1.29 is 18.7 Å². The standard InChI is InChI=1S/C9H15F2NO2/c1-12-7(8(13)14)5-9(10,11)4-6-2-3-6/h6-7,12H,2-5H2,1H3,(H,13,14)/p-1. The molecule has 0 heterocycles. The molecule has 0 aromatic rings. The van der Waals surface area contributed by atoms with E-state index in [0.717, 1.165) is 12.8 Å². The molecule has 1 aliphatic rings. The van der Waals surface area contributed by atoms with Crippen molar-refractivity contribution in [3.05, 3.63) is 0 Å². The molecular weight excluding hydrogens is 192 g/mol. The van der Waals surface area contributed by atoms with Gasteiger partial charge in [-0.25, -0.2) is 8.78 Å². The summed E-state index contributed by atoms with van der Waals surface area (Å²) in [6.07, 6.45) is 0.803. The maximum atomic E-state index is 13.2. The molecule has 0 amide bonds. The maximum Gasteiger partial charge on any atom is 0.250 e. The number of carboxylic acids is 1.